The molecule has 9 heteroatoms. The van der Waals surface area contributed by atoms with Crippen LogP contribution in [0.4, 0.5) is 16.0 Å². The first-order chi connectivity index (χ1) is 14.0. The van der Waals surface area contributed by atoms with Crippen LogP contribution in [0, 0.1) is 5.82 Å². The number of sulfonamides is 1. The molecule has 1 aromatic heterocycles. The molecule has 0 saturated carbocycles. The van der Waals surface area contributed by atoms with Crippen LogP contribution >= 0.6 is 0 Å². The second-order valence-electron chi connectivity index (χ2n) is 7.50. The van der Waals surface area contributed by atoms with Crippen molar-refractivity contribution in [2.45, 2.75) is 30.6 Å². The van der Waals surface area contributed by atoms with Crippen LogP contribution in [0.2, 0.25) is 0 Å². The summed E-state index contributed by atoms with van der Waals surface area (Å²) in [5.74, 6) is 1.11. The Morgan fingerprint density at radius 3 is 1.90 bits per heavy atom. The predicted molar refractivity (Wildman–Crippen MR) is 110 cm³/mol. The quantitative estimate of drug-likeness (QED) is 0.759. The van der Waals surface area contributed by atoms with Gasteiger partial charge in [0, 0.05) is 39.3 Å². The molecule has 0 N–H and O–H groups in total. The summed E-state index contributed by atoms with van der Waals surface area (Å²) in [7, 11) is -3.69. The topological polar surface area (TPSA) is 69.6 Å². The maximum atomic E-state index is 13.4. The van der Waals surface area contributed by atoms with Crippen molar-refractivity contribution in [1.82, 2.24) is 14.5 Å². The zero-order valence-corrected chi connectivity index (χ0v) is 17.2. The molecule has 0 unspecified atom stereocenters. The van der Waals surface area contributed by atoms with Gasteiger partial charge < -0.3 is 9.80 Å². The zero-order chi connectivity index (χ0) is 20.3. The molecule has 0 aliphatic carbocycles. The van der Waals surface area contributed by atoms with Crippen LogP contribution in [0.5, 0.6) is 0 Å². The maximum absolute atomic E-state index is 13.4. The SMILES string of the molecule is O=S(=O)(c1cccc(F)c1)N1CCN(c2ccc(N3CCCCCC3)nn2)CC1. The predicted octanol–water partition coefficient (Wildman–Crippen LogP) is 2.51. The van der Waals surface area contributed by atoms with Crippen molar-refractivity contribution < 1.29 is 12.8 Å². The van der Waals surface area contributed by atoms with Crippen molar-refractivity contribution in [2.75, 3.05) is 49.1 Å². The van der Waals surface area contributed by atoms with Crippen molar-refractivity contribution in [3.05, 3.63) is 42.2 Å². The van der Waals surface area contributed by atoms with E-state index in [1.54, 1.807) is 0 Å². The second-order valence-corrected chi connectivity index (χ2v) is 9.44. The van der Waals surface area contributed by atoms with Crippen LogP contribution in [0.25, 0.3) is 0 Å². The highest BCUT2D eigenvalue weighted by Gasteiger charge is 2.29. The number of benzene rings is 1. The van der Waals surface area contributed by atoms with E-state index in [0.29, 0.717) is 26.2 Å². The van der Waals surface area contributed by atoms with Gasteiger partial charge in [-0.15, -0.1) is 10.2 Å². The molecule has 29 heavy (non-hydrogen) atoms. The molecule has 0 amide bonds. The first-order valence-corrected chi connectivity index (χ1v) is 11.6. The summed E-state index contributed by atoms with van der Waals surface area (Å²) >= 11 is 0. The first kappa shape index (κ1) is 20.0. The zero-order valence-electron chi connectivity index (χ0n) is 16.4. The molecule has 2 fully saturated rings. The number of halogens is 1. The van der Waals surface area contributed by atoms with Crippen molar-refractivity contribution in [3.63, 3.8) is 0 Å². The van der Waals surface area contributed by atoms with E-state index in [9.17, 15) is 12.8 Å². The lowest BCUT2D eigenvalue weighted by Gasteiger charge is -2.34. The van der Waals surface area contributed by atoms with Crippen LogP contribution < -0.4 is 9.80 Å². The van der Waals surface area contributed by atoms with Gasteiger partial charge in [-0.3, -0.25) is 0 Å². The van der Waals surface area contributed by atoms with Crippen LogP contribution in [0.1, 0.15) is 25.7 Å². The van der Waals surface area contributed by atoms with Gasteiger partial charge in [-0.05, 0) is 43.2 Å². The van der Waals surface area contributed by atoms with Crippen molar-refractivity contribution in [2.24, 2.45) is 0 Å². The molecule has 4 rings (SSSR count). The van der Waals surface area contributed by atoms with E-state index in [1.807, 2.05) is 17.0 Å². The van der Waals surface area contributed by atoms with Crippen LogP contribution in [0.15, 0.2) is 41.3 Å². The monoisotopic (exact) mass is 419 g/mol. The number of aromatic nitrogens is 2. The van der Waals surface area contributed by atoms with E-state index in [4.69, 9.17) is 0 Å². The molecule has 0 bridgehead atoms. The molecule has 0 radical (unpaired) electrons. The van der Waals surface area contributed by atoms with Crippen molar-refractivity contribution in [3.8, 4) is 0 Å². The highest BCUT2D eigenvalue weighted by molar-refractivity contribution is 7.89. The van der Waals surface area contributed by atoms with Crippen molar-refractivity contribution in [1.29, 1.82) is 0 Å². The summed E-state index contributed by atoms with van der Waals surface area (Å²) in [5, 5.41) is 8.79. The van der Waals surface area contributed by atoms with Gasteiger partial charge in [-0.1, -0.05) is 18.9 Å². The minimum atomic E-state index is -3.69. The molecule has 2 saturated heterocycles. The molecule has 1 aromatic carbocycles. The summed E-state index contributed by atoms with van der Waals surface area (Å²) in [4.78, 5) is 4.32. The van der Waals surface area contributed by atoms with E-state index < -0.39 is 15.8 Å². The number of nitrogens with zero attached hydrogens (tertiary/aromatic N) is 5. The summed E-state index contributed by atoms with van der Waals surface area (Å²) in [6, 6.07) is 9.12. The summed E-state index contributed by atoms with van der Waals surface area (Å²) in [6.07, 6.45) is 4.91. The van der Waals surface area contributed by atoms with Gasteiger partial charge in [0.05, 0.1) is 4.90 Å². The number of piperazine rings is 1. The Hall–Kier alpha value is -2.26. The number of hydrogen-bond acceptors (Lipinski definition) is 6. The lowest BCUT2D eigenvalue weighted by Crippen LogP contribution is -2.49. The first-order valence-electron chi connectivity index (χ1n) is 10.1. The molecule has 7 nitrogen and oxygen atoms in total. The number of rotatable bonds is 4. The molecule has 2 aliphatic heterocycles. The van der Waals surface area contributed by atoms with Gasteiger partial charge in [0.2, 0.25) is 10.0 Å². The molecule has 2 aliphatic rings. The fourth-order valence-electron chi connectivity index (χ4n) is 3.89. The highest BCUT2D eigenvalue weighted by Crippen LogP contribution is 2.22. The molecule has 0 spiro atoms. The molecule has 0 atom stereocenters. The minimum absolute atomic E-state index is 0.00690. The highest BCUT2D eigenvalue weighted by atomic mass is 32.2. The Morgan fingerprint density at radius 1 is 0.759 bits per heavy atom. The van der Waals surface area contributed by atoms with Crippen LogP contribution in [-0.2, 0) is 10.0 Å². The van der Waals surface area contributed by atoms with E-state index in [-0.39, 0.29) is 4.90 Å². The average Bonchev–Trinajstić information content (AvgIpc) is 3.04. The lowest BCUT2D eigenvalue weighted by atomic mass is 10.2. The Labute approximate surface area is 171 Å². The van der Waals surface area contributed by atoms with E-state index in [2.05, 4.69) is 15.1 Å². The maximum Gasteiger partial charge on any atom is 0.243 e. The fourth-order valence-corrected chi connectivity index (χ4v) is 5.34. The number of anilines is 2. The van der Waals surface area contributed by atoms with Gasteiger partial charge in [0.15, 0.2) is 11.6 Å². The van der Waals surface area contributed by atoms with Crippen LogP contribution in [-0.4, -0.2) is 62.2 Å². The molecule has 3 heterocycles. The van der Waals surface area contributed by atoms with E-state index in [0.717, 1.165) is 30.8 Å². The van der Waals surface area contributed by atoms with E-state index >= 15 is 0 Å². The lowest BCUT2D eigenvalue weighted by molar-refractivity contribution is 0.383. The van der Waals surface area contributed by atoms with Crippen molar-refractivity contribution >= 4 is 21.7 Å². The third kappa shape index (κ3) is 4.51. The fraction of sp³-hybridized carbons (Fsp3) is 0.500. The second kappa shape index (κ2) is 8.62. The smallest absolute Gasteiger partial charge is 0.243 e. The third-order valence-corrected chi connectivity index (χ3v) is 7.46. The largest absolute Gasteiger partial charge is 0.355 e. The van der Waals surface area contributed by atoms with Gasteiger partial charge in [-0.2, -0.15) is 4.31 Å². The molecular weight excluding hydrogens is 393 g/mol. The van der Waals surface area contributed by atoms with Crippen LogP contribution in [0.3, 0.4) is 0 Å². The Balaban J connectivity index is 1.39. The Kier molecular flexibility index (Phi) is 5.96. The van der Waals surface area contributed by atoms with Gasteiger partial charge in [0.1, 0.15) is 5.82 Å². The molecule has 156 valence electrons. The molecular formula is C20H26FN5O2S. The Bertz CT molecular complexity index is 922. The average molecular weight is 420 g/mol. The third-order valence-electron chi connectivity index (χ3n) is 5.56. The number of hydrogen-bond donors (Lipinski definition) is 0. The summed E-state index contributed by atoms with van der Waals surface area (Å²) < 4.78 is 40.3. The van der Waals surface area contributed by atoms with Gasteiger partial charge in [-0.25, -0.2) is 12.8 Å². The standard InChI is InChI=1S/C20H26FN5O2S/c21-17-6-5-7-18(16-17)29(27,28)26-14-12-25(13-15-26)20-9-8-19(22-23-20)24-10-3-1-2-4-11-24/h5-9,16H,1-4,10-15H2. The van der Waals surface area contributed by atoms with Gasteiger partial charge >= 0.3 is 0 Å². The normalized spacial score (nSPS) is 19.2. The Morgan fingerprint density at radius 2 is 1.34 bits per heavy atom. The minimum Gasteiger partial charge on any atom is -0.355 e. The summed E-state index contributed by atoms with van der Waals surface area (Å²) in [5.41, 5.74) is 0. The molecule has 2 aromatic rings. The van der Waals surface area contributed by atoms with E-state index in [1.165, 1.54) is 48.2 Å². The van der Waals surface area contributed by atoms with Gasteiger partial charge in [0.25, 0.3) is 0 Å². The summed E-state index contributed by atoms with van der Waals surface area (Å²) in [6.45, 7) is 3.73.